The van der Waals surface area contributed by atoms with Crippen molar-refractivity contribution in [2.45, 2.75) is 32.6 Å². The Hall–Kier alpha value is -1.05. The van der Waals surface area contributed by atoms with E-state index in [2.05, 4.69) is 6.92 Å². The average molecular weight is 192 g/mol. The smallest absolute Gasteiger partial charge is 0.126 e. The molecule has 2 heteroatoms. The fourth-order valence-corrected chi connectivity index (χ4v) is 2.52. The van der Waals surface area contributed by atoms with Crippen LogP contribution in [-0.2, 0) is 11.2 Å². The molecule has 0 aliphatic heterocycles. The second-order valence-corrected chi connectivity index (χ2v) is 4.45. The van der Waals surface area contributed by atoms with E-state index in [0.29, 0.717) is 5.92 Å². The van der Waals surface area contributed by atoms with E-state index in [0.717, 1.165) is 24.7 Å². The monoisotopic (exact) mass is 192 g/mol. The van der Waals surface area contributed by atoms with Crippen molar-refractivity contribution in [3.05, 3.63) is 24.2 Å². The van der Waals surface area contributed by atoms with E-state index in [4.69, 9.17) is 4.42 Å². The van der Waals surface area contributed by atoms with Crippen molar-refractivity contribution < 1.29 is 9.21 Å². The maximum absolute atomic E-state index is 11.2. The predicted molar refractivity (Wildman–Crippen MR) is 53.9 cm³/mol. The number of carbonyl (C=O) groups is 1. The van der Waals surface area contributed by atoms with Crippen molar-refractivity contribution >= 4 is 6.29 Å². The van der Waals surface area contributed by atoms with Crippen molar-refractivity contribution in [1.82, 2.24) is 0 Å². The SMILES string of the molecule is CC1CCCC1(C=O)Cc1ccoc1. The van der Waals surface area contributed by atoms with E-state index in [1.807, 2.05) is 6.07 Å². The van der Waals surface area contributed by atoms with Crippen LogP contribution in [0.5, 0.6) is 0 Å². The normalized spacial score (nSPS) is 31.9. The van der Waals surface area contributed by atoms with Gasteiger partial charge in [0.05, 0.1) is 12.5 Å². The summed E-state index contributed by atoms with van der Waals surface area (Å²) >= 11 is 0. The summed E-state index contributed by atoms with van der Waals surface area (Å²) in [4.78, 5) is 11.2. The molecule has 1 aromatic heterocycles. The Kier molecular flexibility index (Phi) is 2.44. The fraction of sp³-hybridized carbons (Fsp3) is 0.583. The van der Waals surface area contributed by atoms with Crippen LogP contribution in [0.2, 0.25) is 0 Å². The van der Waals surface area contributed by atoms with E-state index in [1.54, 1.807) is 12.5 Å². The van der Waals surface area contributed by atoms with Gasteiger partial charge in [-0.05, 0) is 36.8 Å². The van der Waals surface area contributed by atoms with Crippen LogP contribution in [0.15, 0.2) is 23.0 Å². The minimum atomic E-state index is -0.121. The molecule has 2 nitrogen and oxygen atoms in total. The number of hydrogen-bond acceptors (Lipinski definition) is 2. The molecule has 0 amide bonds. The standard InChI is InChI=1S/C12H16O2/c1-10-3-2-5-12(10,9-13)7-11-4-6-14-8-11/h4,6,8-10H,2-3,5,7H2,1H3. The first-order valence-corrected chi connectivity index (χ1v) is 5.24. The lowest BCUT2D eigenvalue weighted by Gasteiger charge is -2.26. The molecule has 14 heavy (non-hydrogen) atoms. The van der Waals surface area contributed by atoms with Gasteiger partial charge in [-0.25, -0.2) is 0 Å². The van der Waals surface area contributed by atoms with Crippen molar-refractivity contribution in [3.63, 3.8) is 0 Å². The van der Waals surface area contributed by atoms with Gasteiger partial charge in [0.1, 0.15) is 6.29 Å². The number of furan rings is 1. The Balaban J connectivity index is 2.17. The van der Waals surface area contributed by atoms with Crippen LogP contribution in [0.25, 0.3) is 0 Å². The second kappa shape index (κ2) is 3.60. The lowest BCUT2D eigenvalue weighted by Crippen LogP contribution is -2.28. The van der Waals surface area contributed by atoms with E-state index in [9.17, 15) is 4.79 Å². The summed E-state index contributed by atoms with van der Waals surface area (Å²) in [6, 6.07) is 1.95. The van der Waals surface area contributed by atoms with Crippen molar-refractivity contribution in [3.8, 4) is 0 Å². The third kappa shape index (κ3) is 1.49. The van der Waals surface area contributed by atoms with Crippen LogP contribution >= 0.6 is 0 Å². The second-order valence-electron chi connectivity index (χ2n) is 4.45. The highest BCUT2D eigenvalue weighted by Crippen LogP contribution is 2.43. The van der Waals surface area contributed by atoms with Crippen LogP contribution < -0.4 is 0 Å². The molecule has 0 N–H and O–H groups in total. The highest BCUT2D eigenvalue weighted by Gasteiger charge is 2.40. The Morgan fingerprint density at radius 1 is 1.71 bits per heavy atom. The van der Waals surface area contributed by atoms with Gasteiger partial charge in [0, 0.05) is 5.41 Å². The van der Waals surface area contributed by atoms with Gasteiger partial charge in [0.2, 0.25) is 0 Å². The van der Waals surface area contributed by atoms with Crippen LogP contribution in [0, 0.1) is 11.3 Å². The highest BCUT2D eigenvalue weighted by molar-refractivity contribution is 5.61. The summed E-state index contributed by atoms with van der Waals surface area (Å²) < 4.78 is 5.03. The molecule has 1 fully saturated rings. The van der Waals surface area contributed by atoms with Crippen molar-refractivity contribution in [2.24, 2.45) is 11.3 Å². The Morgan fingerprint density at radius 2 is 2.57 bits per heavy atom. The number of carbonyl (C=O) groups excluding carboxylic acids is 1. The van der Waals surface area contributed by atoms with Crippen LogP contribution in [0.1, 0.15) is 31.7 Å². The molecule has 0 spiro atoms. The van der Waals surface area contributed by atoms with Gasteiger partial charge in [-0.1, -0.05) is 13.3 Å². The summed E-state index contributed by atoms with van der Waals surface area (Å²) in [5.41, 5.74) is 1.02. The molecule has 0 saturated heterocycles. The first kappa shape index (κ1) is 9.50. The molecule has 2 unspecified atom stereocenters. The molecule has 1 saturated carbocycles. The molecule has 76 valence electrons. The molecule has 1 aliphatic carbocycles. The lowest BCUT2D eigenvalue weighted by molar-refractivity contribution is -0.117. The Bertz CT molecular complexity index is 302. The first-order chi connectivity index (χ1) is 6.77. The van der Waals surface area contributed by atoms with Crippen molar-refractivity contribution in [2.75, 3.05) is 0 Å². The van der Waals surface area contributed by atoms with Crippen LogP contribution in [-0.4, -0.2) is 6.29 Å². The van der Waals surface area contributed by atoms with Gasteiger partial charge in [-0.2, -0.15) is 0 Å². The van der Waals surface area contributed by atoms with Gasteiger partial charge >= 0.3 is 0 Å². The maximum Gasteiger partial charge on any atom is 0.126 e. The third-order valence-electron chi connectivity index (χ3n) is 3.61. The molecule has 1 aliphatic rings. The molecule has 1 heterocycles. The van der Waals surface area contributed by atoms with Gasteiger partial charge < -0.3 is 9.21 Å². The van der Waals surface area contributed by atoms with Gasteiger partial charge in [0.25, 0.3) is 0 Å². The van der Waals surface area contributed by atoms with E-state index >= 15 is 0 Å². The molecule has 0 aromatic carbocycles. The lowest BCUT2D eigenvalue weighted by atomic mass is 9.76. The van der Waals surface area contributed by atoms with Gasteiger partial charge in [-0.3, -0.25) is 0 Å². The zero-order valence-electron chi connectivity index (χ0n) is 8.53. The summed E-state index contributed by atoms with van der Waals surface area (Å²) in [7, 11) is 0. The maximum atomic E-state index is 11.2. The molecular weight excluding hydrogens is 176 g/mol. The summed E-state index contributed by atoms with van der Waals surface area (Å²) in [5, 5.41) is 0. The van der Waals surface area contributed by atoms with Crippen LogP contribution in [0.4, 0.5) is 0 Å². The number of rotatable bonds is 3. The zero-order chi connectivity index (χ0) is 10.0. The summed E-state index contributed by atoms with van der Waals surface area (Å²) in [6.07, 6.45) is 8.81. The highest BCUT2D eigenvalue weighted by atomic mass is 16.3. The Morgan fingerprint density at radius 3 is 3.07 bits per heavy atom. The van der Waals surface area contributed by atoms with Gasteiger partial charge in [0.15, 0.2) is 0 Å². The van der Waals surface area contributed by atoms with Crippen molar-refractivity contribution in [1.29, 1.82) is 0 Å². The minimum Gasteiger partial charge on any atom is -0.472 e. The summed E-state index contributed by atoms with van der Waals surface area (Å²) in [6.45, 7) is 2.18. The Labute approximate surface area is 84.3 Å². The summed E-state index contributed by atoms with van der Waals surface area (Å²) in [5.74, 6) is 0.509. The molecule has 1 aromatic rings. The van der Waals surface area contributed by atoms with Crippen LogP contribution in [0.3, 0.4) is 0 Å². The van der Waals surface area contributed by atoms with Gasteiger partial charge in [-0.15, -0.1) is 0 Å². The quantitative estimate of drug-likeness (QED) is 0.689. The molecule has 0 radical (unpaired) electrons. The largest absolute Gasteiger partial charge is 0.472 e. The van der Waals surface area contributed by atoms with E-state index < -0.39 is 0 Å². The fourth-order valence-electron chi connectivity index (χ4n) is 2.52. The third-order valence-corrected chi connectivity index (χ3v) is 3.61. The van der Waals surface area contributed by atoms with E-state index in [-0.39, 0.29) is 5.41 Å². The minimum absolute atomic E-state index is 0.121. The zero-order valence-corrected chi connectivity index (χ0v) is 8.53. The molecule has 2 atom stereocenters. The topological polar surface area (TPSA) is 30.2 Å². The number of aldehydes is 1. The first-order valence-electron chi connectivity index (χ1n) is 5.24. The average Bonchev–Trinajstić information content (AvgIpc) is 2.79. The molecule has 0 bridgehead atoms. The predicted octanol–water partition coefficient (Wildman–Crippen LogP) is 2.83. The molecular formula is C12H16O2. The molecule has 2 rings (SSSR count). The number of hydrogen-bond donors (Lipinski definition) is 0. The van der Waals surface area contributed by atoms with E-state index in [1.165, 1.54) is 12.8 Å².